The van der Waals surface area contributed by atoms with Crippen molar-refractivity contribution in [2.45, 2.75) is 46.0 Å². The van der Waals surface area contributed by atoms with Crippen molar-refractivity contribution < 1.29 is 0 Å². The van der Waals surface area contributed by atoms with Crippen molar-refractivity contribution >= 4 is 16.9 Å². The van der Waals surface area contributed by atoms with E-state index in [1.165, 1.54) is 28.9 Å². The third-order valence-electron chi connectivity index (χ3n) is 4.32. The first kappa shape index (κ1) is 15.0. The number of nitriles is 1. The largest absolute Gasteiger partial charge is 0.235 e. The average molecular weight is 308 g/mol. The van der Waals surface area contributed by atoms with Crippen LogP contribution in [0.4, 0.5) is 0 Å². The maximum atomic E-state index is 9.54. The highest BCUT2D eigenvalue weighted by Crippen LogP contribution is 2.36. The van der Waals surface area contributed by atoms with Crippen LogP contribution in [0.5, 0.6) is 0 Å². The molecule has 0 unspecified atom stereocenters. The van der Waals surface area contributed by atoms with E-state index in [0.717, 1.165) is 41.1 Å². The summed E-state index contributed by atoms with van der Waals surface area (Å²) in [6.07, 6.45) is 5.57. The molecule has 1 aliphatic carbocycles. The predicted octanol–water partition coefficient (Wildman–Crippen LogP) is 5.53. The van der Waals surface area contributed by atoms with Crippen molar-refractivity contribution in [3.8, 4) is 17.3 Å². The molecule has 1 heterocycles. The van der Waals surface area contributed by atoms with Crippen molar-refractivity contribution in [3.05, 3.63) is 45.3 Å². The van der Waals surface area contributed by atoms with Crippen molar-refractivity contribution in [2.75, 3.05) is 0 Å². The lowest BCUT2D eigenvalue weighted by atomic mass is 10.1. The van der Waals surface area contributed by atoms with Crippen LogP contribution in [0.1, 0.15) is 48.1 Å². The molecule has 0 saturated heterocycles. The van der Waals surface area contributed by atoms with Gasteiger partial charge in [0.05, 0.1) is 11.3 Å². The molecule has 3 rings (SSSR count). The van der Waals surface area contributed by atoms with Crippen LogP contribution in [0, 0.1) is 18.3 Å². The Morgan fingerprint density at radius 2 is 1.91 bits per heavy atom. The summed E-state index contributed by atoms with van der Waals surface area (Å²) in [7, 11) is 0. The fourth-order valence-corrected chi connectivity index (χ4v) is 3.98. The first-order valence-corrected chi connectivity index (χ1v) is 8.73. The van der Waals surface area contributed by atoms with E-state index in [-0.39, 0.29) is 0 Å². The molecule has 22 heavy (non-hydrogen) atoms. The minimum atomic E-state index is 0.821. The van der Waals surface area contributed by atoms with E-state index in [0.29, 0.717) is 0 Å². The first-order valence-electron chi connectivity index (χ1n) is 7.92. The Hall–Kier alpha value is -1.92. The molecule has 0 radical (unpaired) electrons. The van der Waals surface area contributed by atoms with Gasteiger partial charge >= 0.3 is 0 Å². The maximum Gasteiger partial charge on any atom is 0.134 e. The zero-order valence-corrected chi connectivity index (χ0v) is 14.0. The van der Waals surface area contributed by atoms with E-state index in [1.807, 2.05) is 0 Å². The van der Waals surface area contributed by atoms with Gasteiger partial charge in [-0.2, -0.15) is 5.26 Å². The minimum absolute atomic E-state index is 0.821. The highest BCUT2D eigenvalue weighted by atomic mass is 32.1. The van der Waals surface area contributed by atoms with E-state index in [2.05, 4.69) is 44.2 Å². The van der Waals surface area contributed by atoms with Gasteiger partial charge in [-0.05, 0) is 50.2 Å². The molecule has 0 aliphatic heterocycles. The molecule has 0 N–H and O–H groups in total. The Balaban J connectivity index is 2.00. The quantitative estimate of drug-likeness (QED) is 0.699. The summed E-state index contributed by atoms with van der Waals surface area (Å²) in [6, 6.07) is 11.0. The number of aryl methyl sites for hydroxylation is 2. The lowest BCUT2D eigenvalue weighted by Gasteiger charge is -2.01. The summed E-state index contributed by atoms with van der Waals surface area (Å²) in [5.41, 5.74) is 5.62. The highest BCUT2D eigenvalue weighted by molar-refractivity contribution is 7.13. The Bertz CT molecular complexity index is 737. The maximum absolute atomic E-state index is 9.54. The Kier molecular flexibility index (Phi) is 4.40. The standard InChI is InChI=1S/C19H20N2S/c1-3-14-8-10-16(11-9-14)18-13(2)22-19(21-18)17(12-20)15-6-4-5-7-15/h8-11H,3-7H2,1-2H3. The zero-order chi connectivity index (χ0) is 15.5. The minimum Gasteiger partial charge on any atom is -0.235 e. The molecule has 1 fully saturated rings. The highest BCUT2D eigenvalue weighted by Gasteiger charge is 2.18. The molecule has 1 aliphatic rings. The summed E-state index contributed by atoms with van der Waals surface area (Å²) in [4.78, 5) is 5.98. The van der Waals surface area contributed by atoms with Crippen molar-refractivity contribution in [1.29, 1.82) is 5.26 Å². The molecular formula is C19H20N2S. The van der Waals surface area contributed by atoms with E-state index in [1.54, 1.807) is 11.3 Å². The van der Waals surface area contributed by atoms with E-state index < -0.39 is 0 Å². The van der Waals surface area contributed by atoms with Gasteiger partial charge in [0.15, 0.2) is 0 Å². The molecule has 0 atom stereocenters. The number of allylic oxidation sites excluding steroid dienone is 2. The van der Waals surface area contributed by atoms with Gasteiger partial charge in [-0.3, -0.25) is 0 Å². The Labute approximate surface area is 136 Å². The van der Waals surface area contributed by atoms with Crippen LogP contribution in [-0.4, -0.2) is 4.98 Å². The Morgan fingerprint density at radius 1 is 1.23 bits per heavy atom. The van der Waals surface area contributed by atoms with Crippen LogP contribution >= 0.6 is 11.3 Å². The third kappa shape index (κ3) is 2.84. The molecule has 2 nitrogen and oxygen atoms in total. The SMILES string of the molecule is CCc1ccc(-c2nc(C(C#N)=C3CCCC3)sc2C)cc1. The fourth-order valence-electron chi connectivity index (χ4n) is 3.00. The lowest BCUT2D eigenvalue weighted by Crippen LogP contribution is -1.87. The molecule has 0 amide bonds. The number of benzene rings is 1. The predicted molar refractivity (Wildman–Crippen MR) is 92.7 cm³/mol. The normalized spacial score (nSPS) is 14.1. The van der Waals surface area contributed by atoms with Crippen LogP contribution in [-0.2, 0) is 6.42 Å². The number of aromatic nitrogens is 1. The lowest BCUT2D eigenvalue weighted by molar-refractivity contribution is 0.886. The smallest absolute Gasteiger partial charge is 0.134 e. The monoisotopic (exact) mass is 308 g/mol. The van der Waals surface area contributed by atoms with Gasteiger partial charge in [0.2, 0.25) is 0 Å². The summed E-state index contributed by atoms with van der Waals surface area (Å²) in [5, 5.41) is 10.4. The summed E-state index contributed by atoms with van der Waals surface area (Å²) in [5.74, 6) is 0. The Morgan fingerprint density at radius 3 is 2.50 bits per heavy atom. The van der Waals surface area contributed by atoms with Crippen molar-refractivity contribution in [2.24, 2.45) is 0 Å². The number of nitrogens with zero attached hydrogens (tertiary/aromatic N) is 2. The van der Waals surface area contributed by atoms with Crippen LogP contribution in [0.15, 0.2) is 29.8 Å². The molecule has 1 aromatic heterocycles. The topological polar surface area (TPSA) is 36.7 Å². The number of thiazole rings is 1. The molecule has 3 heteroatoms. The fraction of sp³-hybridized carbons (Fsp3) is 0.368. The summed E-state index contributed by atoms with van der Waals surface area (Å²) in [6.45, 7) is 4.26. The number of hydrogen-bond acceptors (Lipinski definition) is 3. The number of hydrogen-bond donors (Lipinski definition) is 0. The van der Waals surface area contributed by atoms with Crippen LogP contribution in [0.25, 0.3) is 16.8 Å². The number of rotatable bonds is 3. The van der Waals surface area contributed by atoms with Crippen LogP contribution < -0.4 is 0 Å². The van der Waals surface area contributed by atoms with Gasteiger partial charge < -0.3 is 0 Å². The van der Waals surface area contributed by atoms with Gasteiger partial charge in [-0.25, -0.2) is 4.98 Å². The second kappa shape index (κ2) is 6.46. The third-order valence-corrected chi connectivity index (χ3v) is 5.31. The molecule has 0 bridgehead atoms. The molecule has 1 aromatic carbocycles. The summed E-state index contributed by atoms with van der Waals surface area (Å²) < 4.78 is 0. The van der Waals surface area contributed by atoms with Crippen LogP contribution in [0.2, 0.25) is 0 Å². The van der Waals surface area contributed by atoms with Crippen molar-refractivity contribution in [3.63, 3.8) is 0 Å². The van der Waals surface area contributed by atoms with E-state index in [9.17, 15) is 5.26 Å². The van der Waals surface area contributed by atoms with Crippen LogP contribution in [0.3, 0.4) is 0 Å². The molecule has 1 saturated carbocycles. The summed E-state index contributed by atoms with van der Waals surface area (Å²) >= 11 is 1.65. The van der Waals surface area contributed by atoms with Crippen molar-refractivity contribution in [1.82, 2.24) is 4.98 Å². The van der Waals surface area contributed by atoms with E-state index in [4.69, 9.17) is 4.98 Å². The molecule has 2 aromatic rings. The molecule has 112 valence electrons. The first-order chi connectivity index (χ1) is 10.7. The molecular weight excluding hydrogens is 288 g/mol. The van der Waals surface area contributed by atoms with Gasteiger partial charge in [0.1, 0.15) is 11.1 Å². The van der Waals surface area contributed by atoms with E-state index >= 15 is 0 Å². The van der Waals surface area contributed by atoms with Gasteiger partial charge in [-0.1, -0.05) is 31.2 Å². The second-order valence-corrected chi connectivity index (χ2v) is 6.97. The molecule has 0 spiro atoms. The van der Waals surface area contributed by atoms with Gasteiger partial charge in [0, 0.05) is 10.4 Å². The zero-order valence-electron chi connectivity index (χ0n) is 13.1. The average Bonchev–Trinajstić information content (AvgIpc) is 3.19. The van der Waals surface area contributed by atoms with Gasteiger partial charge in [-0.15, -0.1) is 11.3 Å². The van der Waals surface area contributed by atoms with Gasteiger partial charge in [0.25, 0.3) is 0 Å². The second-order valence-electron chi connectivity index (χ2n) is 5.77.